The predicted molar refractivity (Wildman–Crippen MR) is 77.3 cm³/mol. The van der Waals surface area contributed by atoms with E-state index in [0.29, 0.717) is 12.2 Å². The van der Waals surface area contributed by atoms with Crippen molar-refractivity contribution in [3.05, 3.63) is 32.2 Å². The van der Waals surface area contributed by atoms with Crippen LogP contribution in [0.4, 0.5) is 0 Å². The molecule has 0 saturated heterocycles. The van der Waals surface area contributed by atoms with Gasteiger partial charge in [-0.1, -0.05) is 15.9 Å². The molecule has 1 aromatic carbocycles. The maximum atomic E-state index is 11.3. The van der Waals surface area contributed by atoms with E-state index in [9.17, 15) is 4.79 Å². The minimum atomic E-state index is 0.0588. The number of ether oxygens (including phenoxy) is 1. The van der Waals surface area contributed by atoms with Gasteiger partial charge in [-0.05, 0) is 60.5 Å². The SMILES string of the molecule is CCOc1c(Br)cc(Br)cc1/C=C(/C)C(C)=O. The van der Waals surface area contributed by atoms with Crippen LogP contribution in [0.2, 0.25) is 0 Å². The zero-order valence-electron chi connectivity index (χ0n) is 10.0. The van der Waals surface area contributed by atoms with E-state index in [-0.39, 0.29) is 5.78 Å². The van der Waals surface area contributed by atoms with Gasteiger partial charge in [-0.2, -0.15) is 0 Å². The number of rotatable bonds is 4. The molecule has 0 aromatic heterocycles. The highest BCUT2D eigenvalue weighted by Gasteiger charge is 2.09. The molecular weight excluding hydrogens is 348 g/mol. The molecule has 0 radical (unpaired) electrons. The summed E-state index contributed by atoms with van der Waals surface area (Å²) in [5, 5.41) is 0. The summed E-state index contributed by atoms with van der Waals surface area (Å²) in [5.74, 6) is 0.819. The van der Waals surface area contributed by atoms with Gasteiger partial charge < -0.3 is 4.74 Å². The van der Waals surface area contributed by atoms with Gasteiger partial charge in [-0.3, -0.25) is 4.79 Å². The molecule has 0 bridgehead atoms. The topological polar surface area (TPSA) is 26.3 Å². The molecule has 4 heteroatoms. The van der Waals surface area contributed by atoms with Gasteiger partial charge in [0.25, 0.3) is 0 Å². The van der Waals surface area contributed by atoms with Gasteiger partial charge in [0.15, 0.2) is 5.78 Å². The van der Waals surface area contributed by atoms with Gasteiger partial charge >= 0.3 is 0 Å². The first-order valence-corrected chi connectivity index (χ1v) is 6.85. The molecule has 0 fully saturated rings. The van der Waals surface area contributed by atoms with E-state index in [1.807, 2.05) is 25.1 Å². The second-order valence-electron chi connectivity index (χ2n) is 3.62. The maximum Gasteiger partial charge on any atom is 0.155 e. The minimum absolute atomic E-state index is 0.0588. The number of hydrogen-bond donors (Lipinski definition) is 0. The van der Waals surface area contributed by atoms with Crippen LogP contribution in [0, 0.1) is 0 Å². The van der Waals surface area contributed by atoms with Gasteiger partial charge in [0, 0.05) is 10.0 Å². The molecule has 2 nitrogen and oxygen atoms in total. The molecule has 0 spiro atoms. The quantitative estimate of drug-likeness (QED) is 0.732. The fraction of sp³-hybridized carbons (Fsp3) is 0.308. The molecule has 1 rings (SSSR count). The number of carbonyl (C=O) groups is 1. The lowest BCUT2D eigenvalue weighted by Crippen LogP contribution is -1.97. The molecule has 0 saturated carbocycles. The fourth-order valence-corrected chi connectivity index (χ4v) is 2.69. The molecule has 0 amide bonds. The van der Waals surface area contributed by atoms with Crippen LogP contribution in [-0.2, 0) is 4.79 Å². The zero-order chi connectivity index (χ0) is 13.0. The third-order valence-electron chi connectivity index (χ3n) is 2.25. The Labute approximate surface area is 118 Å². The third kappa shape index (κ3) is 3.96. The summed E-state index contributed by atoms with van der Waals surface area (Å²) in [7, 11) is 0. The number of benzene rings is 1. The van der Waals surface area contributed by atoms with Crippen molar-refractivity contribution in [2.24, 2.45) is 0 Å². The van der Waals surface area contributed by atoms with Crippen molar-refractivity contribution in [1.82, 2.24) is 0 Å². The Morgan fingerprint density at radius 1 is 1.35 bits per heavy atom. The predicted octanol–water partition coefficient (Wildman–Crippen LogP) is 4.60. The summed E-state index contributed by atoms with van der Waals surface area (Å²) in [6.07, 6.45) is 1.84. The van der Waals surface area contributed by atoms with E-state index < -0.39 is 0 Å². The van der Waals surface area contributed by atoms with Crippen molar-refractivity contribution in [2.45, 2.75) is 20.8 Å². The van der Waals surface area contributed by atoms with Crippen molar-refractivity contribution in [3.63, 3.8) is 0 Å². The first-order chi connectivity index (χ1) is 7.95. The van der Waals surface area contributed by atoms with Crippen LogP contribution in [0.3, 0.4) is 0 Å². The van der Waals surface area contributed by atoms with Crippen LogP contribution in [-0.4, -0.2) is 12.4 Å². The molecule has 0 aliphatic rings. The molecule has 0 atom stereocenters. The Balaban J connectivity index is 3.30. The highest BCUT2D eigenvalue weighted by atomic mass is 79.9. The maximum absolute atomic E-state index is 11.3. The summed E-state index contributed by atoms with van der Waals surface area (Å²) in [6, 6.07) is 3.85. The van der Waals surface area contributed by atoms with Crippen molar-refractivity contribution < 1.29 is 9.53 Å². The number of hydrogen-bond acceptors (Lipinski definition) is 2. The number of allylic oxidation sites excluding steroid dienone is 1. The van der Waals surface area contributed by atoms with Gasteiger partial charge in [0.05, 0.1) is 11.1 Å². The van der Waals surface area contributed by atoms with Crippen LogP contribution in [0.25, 0.3) is 6.08 Å². The number of ketones is 1. The largest absolute Gasteiger partial charge is 0.492 e. The Bertz CT molecular complexity index is 465. The molecule has 0 unspecified atom stereocenters. The Morgan fingerprint density at radius 3 is 2.53 bits per heavy atom. The molecule has 0 N–H and O–H groups in total. The van der Waals surface area contributed by atoms with Crippen LogP contribution in [0.15, 0.2) is 26.7 Å². The lowest BCUT2D eigenvalue weighted by molar-refractivity contribution is -0.113. The average Bonchev–Trinajstić information content (AvgIpc) is 2.22. The van der Waals surface area contributed by atoms with Crippen LogP contribution < -0.4 is 4.74 Å². The van der Waals surface area contributed by atoms with Crippen molar-refractivity contribution >= 4 is 43.7 Å². The van der Waals surface area contributed by atoms with Gasteiger partial charge in [-0.25, -0.2) is 0 Å². The van der Waals surface area contributed by atoms with E-state index in [4.69, 9.17) is 4.74 Å². The van der Waals surface area contributed by atoms with E-state index in [1.54, 1.807) is 13.8 Å². The molecule has 1 aromatic rings. The Morgan fingerprint density at radius 2 is 2.00 bits per heavy atom. The van der Waals surface area contributed by atoms with Gasteiger partial charge in [0.2, 0.25) is 0 Å². The van der Waals surface area contributed by atoms with Gasteiger partial charge in [0.1, 0.15) is 5.75 Å². The normalized spacial score (nSPS) is 11.5. The third-order valence-corrected chi connectivity index (χ3v) is 3.30. The van der Waals surface area contributed by atoms with E-state index in [0.717, 1.165) is 20.3 Å². The lowest BCUT2D eigenvalue weighted by atomic mass is 10.1. The zero-order valence-corrected chi connectivity index (χ0v) is 13.2. The van der Waals surface area contributed by atoms with Crippen LogP contribution >= 0.6 is 31.9 Å². The Kier molecular flexibility index (Phi) is 5.40. The molecule has 0 heterocycles. The van der Waals surface area contributed by atoms with Crippen molar-refractivity contribution in [3.8, 4) is 5.75 Å². The summed E-state index contributed by atoms with van der Waals surface area (Å²) in [5.41, 5.74) is 1.59. The number of carbonyl (C=O) groups excluding carboxylic acids is 1. The Hall–Kier alpha value is -0.610. The second-order valence-corrected chi connectivity index (χ2v) is 5.39. The second kappa shape index (κ2) is 6.36. The molecular formula is C13H14Br2O2. The van der Waals surface area contributed by atoms with Crippen molar-refractivity contribution in [1.29, 1.82) is 0 Å². The fourth-order valence-electron chi connectivity index (χ4n) is 1.32. The van der Waals surface area contributed by atoms with Crippen LogP contribution in [0.1, 0.15) is 26.3 Å². The highest BCUT2D eigenvalue weighted by molar-refractivity contribution is 9.11. The number of halogens is 2. The summed E-state index contributed by atoms with van der Waals surface area (Å²) < 4.78 is 7.39. The number of Topliss-reactive ketones (excluding diaryl/α,β-unsaturated/α-hetero) is 1. The van der Waals surface area contributed by atoms with Crippen molar-refractivity contribution in [2.75, 3.05) is 6.61 Å². The summed E-state index contributed by atoms with van der Waals surface area (Å²) in [6.45, 7) is 5.87. The molecule has 0 aliphatic heterocycles. The standard InChI is InChI=1S/C13H14Br2O2/c1-4-17-13-10(5-8(2)9(3)16)6-11(14)7-12(13)15/h5-7H,4H2,1-3H3/b8-5-. The molecule has 17 heavy (non-hydrogen) atoms. The minimum Gasteiger partial charge on any atom is -0.492 e. The average molecular weight is 362 g/mol. The molecule has 0 aliphatic carbocycles. The van der Waals surface area contributed by atoms with Crippen LogP contribution in [0.5, 0.6) is 5.75 Å². The highest BCUT2D eigenvalue weighted by Crippen LogP contribution is 2.34. The van der Waals surface area contributed by atoms with Gasteiger partial charge in [-0.15, -0.1) is 0 Å². The van der Waals surface area contributed by atoms with E-state index in [2.05, 4.69) is 31.9 Å². The summed E-state index contributed by atoms with van der Waals surface area (Å²) in [4.78, 5) is 11.3. The monoisotopic (exact) mass is 360 g/mol. The summed E-state index contributed by atoms with van der Waals surface area (Å²) >= 11 is 6.88. The smallest absolute Gasteiger partial charge is 0.155 e. The first-order valence-electron chi connectivity index (χ1n) is 5.26. The molecule has 92 valence electrons. The van der Waals surface area contributed by atoms with E-state index in [1.165, 1.54) is 0 Å². The van der Waals surface area contributed by atoms with E-state index >= 15 is 0 Å². The lowest BCUT2D eigenvalue weighted by Gasteiger charge is -2.11. The first kappa shape index (κ1) is 14.5.